The van der Waals surface area contributed by atoms with E-state index in [1.807, 2.05) is 51.1 Å². The minimum Gasteiger partial charge on any atom is 1.00 e. The summed E-state index contributed by atoms with van der Waals surface area (Å²) in [6.45, 7) is 32.9. The fraction of sp³-hybridized carbons (Fsp3) is 0.722. The van der Waals surface area contributed by atoms with Crippen LogP contribution in [-0.4, -0.2) is 146 Å². The monoisotopic (exact) mass is 1380 g/mol. The number of benzene rings is 1. The maximum Gasteiger partial charge on any atom is 1.00 e. The Morgan fingerprint density at radius 3 is 1.73 bits per heavy atom. The molecule has 8 fully saturated rings. The van der Waals surface area contributed by atoms with Gasteiger partial charge in [-0.05, 0) is 214 Å². The van der Waals surface area contributed by atoms with Crippen LogP contribution in [0.5, 0.6) is 0 Å². The van der Waals surface area contributed by atoms with Crippen molar-refractivity contribution in [1.82, 2.24) is 20.9 Å². The summed E-state index contributed by atoms with van der Waals surface area (Å²) in [5, 5.41) is 9.55. The number of nitrogens with one attached hydrogen (secondary N) is 3. The van der Waals surface area contributed by atoms with E-state index in [1.165, 1.54) is 89.6 Å². The molecular formula is C79H117BN4NaO14. The molecule has 8 aliphatic carbocycles. The summed E-state index contributed by atoms with van der Waals surface area (Å²) in [7, 11) is 3.25. The molecule has 13 rings (SSSR count). The Hall–Kier alpha value is -4.44. The molecule has 4 saturated carbocycles. The van der Waals surface area contributed by atoms with Crippen molar-refractivity contribution in [3.63, 3.8) is 0 Å². The number of esters is 2. The number of fused-ring (bicyclic) bond motifs is 12. The molecule has 99 heavy (non-hydrogen) atoms. The van der Waals surface area contributed by atoms with Gasteiger partial charge in [0, 0.05) is 75.8 Å². The number of hydrogen-bond acceptors (Lipinski definition) is 16. The van der Waals surface area contributed by atoms with Crippen molar-refractivity contribution < 1.29 is 97.0 Å². The van der Waals surface area contributed by atoms with Crippen LogP contribution in [0.25, 0.3) is 0 Å². The first-order valence-corrected chi connectivity index (χ1v) is 36.6. The predicted octanol–water partition coefficient (Wildman–Crippen LogP) is 8.99. The molecule has 18 atom stereocenters. The van der Waals surface area contributed by atoms with Gasteiger partial charge >= 0.3 is 60.0 Å². The Labute approximate surface area is 614 Å². The summed E-state index contributed by atoms with van der Waals surface area (Å²) in [6.07, 6.45) is 27.0. The number of aldehydes is 1. The fourth-order valence-electron chi connectivity index (χ4n) is 20.7. The standard InChI is InChI=1S/C35H54N2O4.C28H41NO2.C10H11NO2.C4H6O3.C2H3O.BO.Na.H2O/c1-21-16-30-31(37(20-21)15-14-36-32(39)41-33(4,5)6)23(3)35(40-30)13-11-26-27-9-8-24-17-25(38)10-12-34(24,7)29(27)18-28(26)22(2)19-35;1-16-11-25-26(29-15-16)18(3)28(31-25)10-8-21-22-6-5-19-12-20(30)7-9-27(19,4)24(22)13-23(21)17(2)14-28;12-7-6-11-8-10(13)9-4-2-1-3-5-9;1-3(5)7-4(2)6;1-2-3;1-2;;/h17,21,23,26-27,29-31H,8-16,18-20H2,1-7H3,(H,36,39);12,16,18,21-22,24-26,29H,5-11,13-15H2,1-4H3;1-5,7,11H,6,8H2;1-2H3;1H3;;;1H2/q;;;;-1;;+1;/t21-,23+,26-,27-,29-,30+,31-,34-,35-;16-,18+,21-,22-,24-,25+,26-,27-,28-;;;;;;/m00....../s1. The average Bonchev–Trinajstić information content (AvgIpc) is 1.59. The van der Waals surface area contributed by atoms with E-state index < -0.39 is 17.5 Å². The molecule has 5 N–H and O–H groups in total. The summed E-state index contributed by atoms with van der Waals surface area (Å²) in [6, 6.07) is 9.93. The van der Waals surface area contributed by atoms with Gasteiger partial charge in [0.25, 0.3) is 0 Å². The summed E-state index contributed by atoms with van der Waals surface area (Å²) in [4.78, 5) is 88.8. The van der Waals surface area contributed by atoms with Crippen LogP contribution in [0.4, 0.5) is 4.79 Å². The molecule has 4 heterocycles. The molecular weight excluding hydrogens is 1260 g/mol. The predicted molar refractivity (Wildman–Crippen MR) is 379 cm³/mol. The number of likely N-dealkylation sites (tertiary alicyclic amines) is 1. The maximum absolute atomic E-state index is 12.3. The topological polar surface area (TPSA) is 261 Å². The van der Waals surface area contributed by atoms with E-state index in [9.17, 15) is 33.6 Å². The second-order valence-electron chi connectivity index (χ2n) is 32.3. The minimum absolute atomic E-state index is 0. The van der Waals surface area contributed by atoms with Crippen LogP contribution in [0.3, 0.4) is 0 Å². The Bertz CT molecular complexity index is 3150. The Balaban J connectivity index is 0.000000233. The van der Waals surface area contributed by atoms with Crippen molar-refractivity contribution in [3.8, 4) is 0 Å². The third kappa shape index (κ3) is 19.1. The molecule has 4 aliphatic heterocycles. The van der Waals surface area contributed by atoms with Gasteiger partial charge in [-0.25, -0.2) is 4.79 Å². The summed E-state index contributed by atoms with van der Waals surface area (Å²) >= 11 is 0. The van der Waals surface area contributed by atoms with Crippen molar-refractivity contribution in [1.29, 1.82) is 0 Å². The number of ether oxygens (including phenoxy) is 4. The number of carbonyl (C=O) groups excluding carboxylic acids is 8. The van der Waals surface area contributed by atoms with Crippen molar-refractivity contribution in [3.05, 3.63) is 81.5 Å². The number of alkyl carbamates (subject to hydrolysis) is 1. The molecule has 18 nitrogen and oxygen atoms in total. The van der Waals surface area contributed by atoms with Crippen LogP contribution in [-0.2, 0) is 52.4 Å². The van der Waals surface area contributed by atoms with Gasteiger partial charge in [0.2, 0.25) is 0 Å². The second-order valence-corrected chi connectivity index (χ2v) is 32.3. The Kier molecular flexibility index (Phi) is 30.2. The normalized spacial score (nSPS) is 35.8. The number of nitrogens with zero attached hydrogens (tertiary/aromatic N) is 1. The third-order valence-corrected chi connectivity index (χ3v) is 25.0. The molecule has 541 valence electrons. The van der Waals surface area contributed by atoms with Crippen LogP contribution in [0.1, 0.15) is 223 Å². The molecule has 4 saturated heterocycles. The third-order valence-electron chi connectivity index (χ3n) is 25.0. The van der Waals surface area contributed by atoms with Gasteiger partial charge in [0.05, 0.1) is 36.5 Å². The summed E-state index contributed by atoms with van der Waals surface area (Å²) < 4.78 is 31.4. The van der Waals surface area contributed by atoms with Crippen molar-refractivity contribution in [2.75, 3.05) is 39.3 Å². The minimum atomic E-state index is -0.562. The number of rotatable bonds is 8. The molecule has 12 aliphatic rings. The molecule has 0 aromatic heterocycles. The van der Waals surface area contributed by atoms with E-state index in [1.54, 1.807) is 34.4 Å². The number of hydrogen-bond donors (Lipinski definition) is 3. The Morgan fingerprint density at radius 2 is 1.24 bits per heavy atom. The molecule has 2 spiro atoms. The van der Waals surface area contributed by atoms with E-state index >= 15 is 0 Å². The van der Waals surface area contributed by atoms with E-state index in [2.05, 4.69) is 88.7 Å². The van der Waals surface area contributed by atoms with E-state index in [-0.39, 0.29) is 88.1 Å². The van der Waals surface area contributed by atoms with E-state index in [4.69, 9.17) is 23.7 Å². The van der Waals surface area contributed by atoms with Gasteiger partial charge in [-0.3, -0.25) is 35.2 Å². The molecule has 0 bridgehead atoms. The zero-order chi connectivity index (χ0) is 71.0. The van der Waals surface area contributed by atoms with Crippen LogP contribution in [0.15, 0.2) is 75.9 Å². The van der Waals surface area contributed by atoms with Gasteiger partial charge in [-0.15, -0.1) is 0 Å². The van der Waals surface area contributed by atoms with Crippen molar-refractivity contribution in [2.24, 2.45) is 70.0 Å². The fourth-order valence-corrected chi connectivity index (χ4v) is 20.7. The largest absolute Gasteiger partial charge is 1.00 e. The Morgan fingerprint density at radius 1 is 0.747 bits per heavy atom. The van der Waals surface area contributed by atoms with Crippen LogP contribution < -0.4 is 45.5 Å². The first-order valence-electron chi connectivity index (χ1n) is 36.6. The molecule has 1 radical (unpaired) electrons. The number of carbonyl (C=O) groups is 7. The van der Waals surface area contributed by atoms with Gasteiger partial charge in [0.1, 0.15) is 11.9 Å². The maximum atomic E-state index is 12.3. The van der Waals surface area contributed by atoms with Gasteiger partial charge in [0.15, 0.2) is 17.3 Å². The van der Waals surface area contributed by atoms with Gasteiger partial charge < -0.3 is 50.0 Å². The zero-order valence-electron chi connectivity index (χ0n) is 62.5. The first-order chi connectivity index (χ1) is 46.0. The SMILES string of the molecule is CC(=O)OC(C)=O.CC1=C2C[C@H]3[C@@H](CCC4=CC(=O)CC[C@@]43C)[C@@H]2CC[C@@]2(C1)O[C@@H]1C[C@H](C)CN(CCNC(=O)OC(C)(C)C)[C@H]1[C@H]2C.CC1=C2C[C@H]3[C@@H](CCC4=CC(=O)CC[C@@]43C)[C@@H]2CC[C@@]2(C1)O[C@@H]1C[C@H](C)CN[C@H]1[C@H]2C.C[C-]=O.O.O=CCNCC(=O)c1ccccc1.[B]=O.[Na+]. The van der Waals surface area contributed by atoms with Crippen LogP contribution in [0.2, 0.25) is 0 Å². The summed E-state index contributed by atoms with van der Waals surface area (Å²) in [5.74, 6) is 6.38. The smallest absolute Gasteiger partial charge is 1.00 e. The first kappa shape index (κ1) is 83.5. The molecule has 20 heteroatoms. The number of amides is 1. The average molecular weight is 1380 g/mol. The number of Topliss-reactive ketones (excluding diaryl/α,β-unsaturated/α-hetero) is 1. The summed E-state index contributed by atoms with van der Waals surface area (Å²) in [5.41, 5.74) is 10.3. The van der Waals surface area contributed by atoms with Crippen molar-refractivity contribution in [2.45, 2.75) is 254 Å². The number of allylic oxidation sites excluding steroid dienone is 6. The van der Waals surface area contributed by atoms with Crippen molar-refractivity contribution >= 4 is 55.7 Å². The van der Waals surface area contributed by atoms with Crippen LogP contribution in [0, 0.1) is 70.0 Å². The number of piperidine rings is 2. The van der Waals surface area contributed by atoms with E-state index in [0.717, 1.165) is 120 Å². The second kappa shape index (κ2) is 35.8. The van der Waals surface area contributed by atoms with Gasteiger partial charge in [-0.1, -0.05) is 105 Å². The molecule has 1 aromatic rings. The zero-order valence-corrected chi connectivity index (χ0v) is 64.5. The molecule has 1 amide bonds. The molecule has 0 unspecified atom stereocenters. The molecule has 1 aromatic carbocycles. The number of ketones is 3. The quantitative estimate of drug-likeness (QED) is 0.0320. The van der Waals surface area contributed by atoms with Crippen LogP contribution >= 0.6 is 0 Å². The van der Waals surface area contributed by atoms with E-state index in [0.29, 0.717) is 71.5 Å². The van der Waals surface area contributed by atoms with Gasteiger partial charge in [-0.2, -0.15) is 6.92 Å².